The van der Waals surface area contributed by atoms with Gasteiger partial charge in [-0.05, 0) is 0 Å². The average Bonchev–Trinajstić information content (AvgIpc) is 2.19. The van der Waals surface area contributed by atoms with Crippen molar-refractivity contribution < 1.29 is 31.1 Å². The summed E-state index contributed by atoms with van der Waals surface area (Å²) >= 11 is 0. The third-order valence-electron chi connectivity index (χ3n) is 2.03. The minimum Gasteiger partial charge on any atom is -0.545 e. The van der Waals surface area contributed by atoms with Gasteiger partial charge in [-0.25, -0.2) is 0 Å². The van der Waals surface area contributed by atoms with Crippen molar-refractivity contribution in [2.75, 3.05) is 0 Å². The topological polar surface area (TPSA) is 118 Å². The molecule has 2 atom stereocenters. The van der Waals surface area contributed by atoms with E-state index in [-0.39, 0.29) is 0 Å². The van der Waals surface area contributed by atoms with Gasteiger partial charge in [-0.2, -0.15) is 0 Å². The Hall–Kier alpha value is -1.95. The summed E-state index contributed by atoms with van der Waals surface area (Å²) in [5.41, 5.74) is -0.726. The zero-order valence-electron chi connectivity index (χ0n) is 9.00. The Kier molecular flexibility index (Phi) is 3.11. The van der Waals surface area contributed by atoms with Crippen LogP contribution < -0.4 is 10.2 Å². The van der Waals surface area contributed by atoms with Crippen LogP contribution in [0.3, 0.4) is 0 Å². The van der Waals surface area contributed by atoms with Crippen LogP contribution in [0.2, 0.25) is 0 Å². The molecule has 86 valence electrons. The molecule has 16 heavy (non-hydrogen) atoms. The number of ketones is 1. The van der Waals surface area contributed by atoms with E-state index in [0.29, 0.717) is 0 Å². The Labute approximate surface area is 91.9 Å². The van der Waals surface area contributed by atoms with Crippen molar-refractivity contribution in [3.63, 3.8) is 0 Å². The average molecular weight is 225 g/mol. The minimum atomic E-state index is -2.43. The molecule has 0 aromatic heterocycles. The van der Waals surface area contributed by atoms with E-state index in [1.807, 2.05) is 0 Å². The van der Waals surface area contributed by atoms with Crippen LogP contribution in [0.1, 0.15) is 7.79 Å². The monoisotopic (exact) mass is 225 g/mol. The van der Waals surface area contributed by atoms with Gasteiger partial charge in [0.15, 0.2) is 5.78 Å². The van der Waals surface area contributed by atoms with Gasteiger partial charge in [-0.1, -0.05) is 18.2 Å². The van der Waals surface area contributed by atoms with Crippen molar-refractivity contribution in [2.24, 2.45) is 5.92 Å². The highest BCUT2D eigenvalue weighted by atomic mass is 16.4. The van der Waals surface area contributed by atoms with E-state index in [4.69, 9.17) is 1.37 Å². The molecule has 1 aliphatic carbocycles. The fraction of sp³-hybridized carbons (Fsp3) is 0.300. The second-order valence-corrected chi connectivity index (χ2v) is 3.19. The lowest BCUT2D eigenvalue weighted by Crippen LogP contribution is -2.34. The first-order valence-electron chi connectivity index (χ1n) is 4.83. The highest BCUT2D eigenvalue weighted by molar-refractivity contribution is 6.31. The van der Waals surface area contributed by atoms with Crippen LogP contribution in [0.15, 0.2) is 23.8 Å². The zero-order chi connectivity index (χ0) is 13.2. The molecule has 0 aromatic rings. The molecule has 0 bridgehead atoms. The van der Waals surface area contributed by atoms with Gasteiger partial charge in [-0.3, -0.25) is 4.79 Å². The maximum absolute atomic E-state index is 10.9. The van der Waals surface area contributed by atoms with E-state index in [2.05, 4.69) is 0 Å². The highest BCUT2D eigenvalue weighted by Gasteiger charge is 2.18. The molecule has 0 heterocycles. The van der Waals surface area contributed by atoms with Crippen LogP contribution >= 0.6 is 0 Å². The number of aliphatic hydroxyl groups is 1. The maximum Gasteiger partial charge on any atom is 0.179 e. The summed E-state index contributed by atoms with van der Waals surface area (Å²) in [6.07, 6.45) is 0.0281. The van der Waals surface area contributed by atoms with E-state index in [1.165, 1.54) is 6.08 Å². The number of Topliss-reactive ketones (excluding diaryl/α,β-unsaturated/α-hetero) is 1. The van der Waals surface area contributed by atoms with Gasteiger partial charge in [-0.15, -0.1) is 0 Å². The Morgan fingerprint density at radius 2 is 2.00 bits per heavy atom. The number of hydrogen-bond acceptors (Lipinski definition) is 6. The lowest BCUT2D eigenvalue weighted by molar-refractivity contribution is -0.301. The van der Waals surface area contributed by atoms with Crippen LogP contribution in [0, 0.1) is 5.92 Å². The molecule has 0 spiro atoms. The number of rotatable bonds is 4. The molecule has 1 N–H and O–H groups in total. The maximum atomic E-state index is 10.9. The molecule has 0 amide bonds. The lowest BCUT2D eigenvalue weighted by Gasteiger charge is -2.20. The van der Waals surface area contributed by atoms with Gasteiger partial charge in [0.05, 0.1) is 13.4 Å². The standard InChI is InChI=1S/C10H10O6/c11-7-2-1-5(3-6(7)9(13)14)4-8(12)10(15)16/h1-3,5,7,11H,4H2,(H,13,14)(H,15,16)/p-2/t5-,7-/m1/s1/i7D. The predicted molar refractivity (Wildman–Crippen MR) is 46.4 cm³/mol. The molecule has 0 aliphatic heterocycles. The van der Waals surface area contributed by atoms with Gasteiger partial charge >= 0.3 is 0 Å². The third-order valence-corrected chi connectivity index (χ3v) is 2.03. The SMILES string of the molecule is [2H][C@@]1(O)C=C[C@@H](CC(=O)C(=O)[O-])C=C1C(=O)[O-]. The van der Waals surface area contributed by atoms with Gasteiger partial charge in [0.1, 0.15) is 5.97 Å². The van der Waals surface area contributed by atoms with Crippen molar-refractivity contribution in [1.29, 1.82) is 0 Å². The number of aliphatic carboxylic acids is 2. The molecule has 1 aliphatic rings. The Balaban J connectivity index is 2.90. The van der Waals surface area contributed by atoms with E-state index in [9.17, 15) is 29.7 Å². The van der Waals surface area contributed by atoms with Crippen molar-refractivity contribution >= 4 is 17.7 Å². The van der Waals surface area contributed by atoms with E-state index in [1.54, 1.807) is 0 Å². The largest absolute Gasteiger partial charge is 0.545 e. The summed E-state index contributed by atoms with van der Waals surface area (Å²) in [6, 6.07) is 0. The molecule has 0 radical (unpaired) electrons. The number of allylic oxidation sites excluding steroid dienone is 2. The van der Waals surface area contributed by atoms with Crippen LogP contribution in [0.5, 0.6) is 0 Å². The summed E-state index contributed by atoms with van der Waals surface area (Å²) in [6.45, 7) is 0. The van der Waals surface area contributed by atoms with E-state index >= 15 is 0 Å². The van der Waals surface area contributed by atoms with Gasteiger partial charge in [0, 0.05) is 17.9 Å². The number of carboxylic acids is 2. The normalized spacial score (nSPS) is 29.2. The zero-order valence-corrected chi connectivity index (χ0v) is 8.00. The van der Waals surface area contributed by atoms with Crippen molar-refractivity contribution in [3.05, 3.63) is 23.8 Å². The van der Waals surface area contributed by atoms with E-state index < -0.39 is 41.7 Å². The second kappa shape index (κ2) is 4.71. The summed E-state index contributed by atoms with van der Waals surface area (Å²) in [5, 5.41) is 30.2. The van der Waals surface area contributed by atoms with Crippen molar-refractivity contribution in [3.8, 4) is 0 Å². The van der Waals surface area contributed by atoms with Crippen molar-refractivity contribution in [2.45, 2.75) is 12.5 Å². The molecular formula is C10H8O6-2. The van der Waals surface area contributed by atoms with Crippen LogP contribution in [0.25, 0.3) is 0 Å². The molecule has 0 aromatic carbocycles. The van der Waals surface area contributed by atoms with Gasteiger partial charge in [0.2, 0.25) is 0 Å². The minimum absolute atomic E-state index is 0.494. The molecule has 0 unspecified atom stereocenters. The summed E-state index contributed by atoms with van der Waals surface area (Å²) in [5.74, 6) is -5.63. The van der Waals surface area contributed by atoms with Gasteiger partial charge < -0.3 is 24.9 Å². The summed E-state index contributed by atoms with van der Waals surface area (Å²) in [4.78, 5) is 31.7. The molecule has 0 fully saturated rings. The number of carbonyl (C=O) groups excluding carboxylic acids is 3. The van der Waals surface area contributed by atoms with Crippen LogP contribution in [-0.2, 0) is 14.4 Å². The highest BCUT2D eigenvalue weighted by Crippen LogP contribution is 2.19. The Morgan fingerprint density at radius 3 is 2.50 bits per heavy atom. The Bertz CT molecular complexity index is 434. The van der Waals surface area contributed by atoms with Gasteiger partial charge in [0.25, 0.3) is 0 Å². The number of hydrogen-bond donors (Lipinski definition) is 1. The molecule has 0 saturated carbocycles. The predicted octanol–water partition coefficient (Wildman–Crippen LogP) is -3.08. The molecule has 6 nitrogen and oxygen atoms in total. The molecule has 0 saturated heterocycles. The fourth-order valence-corrected chi connectivity index (χ4v) is 1.26. The summed E-state index contributed by atoms with van der Waals surface area (Å²) < 4.78 is 7.24. The Morgan fingerprint density at radius 1 is 1.38 bits per heavy atom. The third kappa shape index (κ3) is 2.77. The summed E-state index contributed by atoms with van der Waals surface area (Å²) in [7, 11) is 0. The molecular weight excluding hydrogens is 216 g/mol. The smallest absolute Gasteiger partial charge is 0.179 e. The van der Waals surface area contributed by atoms with E-state index in [0.717, 1.165) is 12.2 Å². The number of carbonyl (C=O) groups is 3. The lowest BCUT2D eigenvalue weighted by atomic mass is 9.91. The second-order valence-electron chi connectivity index (χ2n) is 3.19. The first kappa shape index (κ1) is 10.6. The quantitative estimate of drug-likeness (QED) is 0.400. The fourth-order valence-electron chi connectivity index (χ4n) is 1.26. The first-order chi connectivity index (χ1) is 7.74. The van der Waals surface area contributed by atoms with Crippen molar-refractivity contribution in [1.82, 2.24) is 0 Å². The van der Waals surface area contributed by atoms with Crippen LogP contribution in [-0.4, -0.2) is 28.9 Å². The number of carboxylic acid groups (broad SMARTS) is 2. The van der Waals surface area contributed by atoms with Crippen LogP contribution in [0.4, 0.5) is 0 Å². The molecule has 6 heteroatoms. The molecule has 1 rings (SSSR count). The first-order valence-corrected chi connectivity index (χ1v) is 4.33.